The van der Waals surface area contributed by atoms with Gasteiger partial charge in [-0.15, -0.1) is 10.2 Å². The number of carbonyl (C=O) groups excluding carboxylic acids is 1. The summed E-state index contributed by atoms with van der Waals surface area (Å²) in [5, 5.41) is 9.67. The molecule has 0 unspecified atom stereocenters. The van der Waals surface area contributed by atoms with E-state index in [4.69, 9.17) is 22.1 Å². The van der Waals surface area contributed by atoms with E-state index in [-0.39, 0.29) is 0 Å². The summed E-state index contributed by atoms with van der Waals surface area (Å²) in [7, 11) is 0. The Labute approximate surface area is 125 Å². The maximum Gasteiger partial charge on any atom is 0.248 e. The van der Waals surface area contributed by atoms with Gasteiger partial charge in [-0.2, -0.15) is 0 Å². The number of amides is 1. The number of primary amides is 1. The molecule has 2 N–H and O–H groups in total. The average Bonchev–Trinajstić information content (AvgIpc) is 2.51. The van der Waals surface area contributed by atoms with Gasteiger partial charge in [0.1, 0.15) is 5.75 Å². The van der Waals surface area contributed by atoms with Crippen molar-refractivity contribution < 1.29 is 9.53 Å². The molecule has 0 bridgehead atoms. The van der Waals surface area contributed by atoms with Crippen LogP contribution in [0.2, 0.25) is 5.15 Å². The standard InChI is InChI=1S/C15H10ClN3O2/c16-13-11-3-1-2-4-12(11)15(19-18-13)21-10-7-5-9(6-8-10)14(17)20/h1-8H,(H2,17,20). The van der Waals surface area contributed by atoms with Crippen molar-refractivity contribution in [2.45, 2.75) is 0 Å². The second kappa shape index (κ2) is 5.38. The van der Waals surface area contributed by atoms with Crippen LogP contribution in [0.4, 0.5) is 0 Å². The van der Waals surface area contributed by atoms with Crippen molar-refractivity contribution in [3.63, 3.8) is 0 Å². The number of halogens is 1. The highest BCUT2D eigenvalue weighted by molar-refractivity contribution is 6.34. The van der Waals surface area contributed by atoms with Gasteiger partial charge in [0, 0.05) is 16.3 Å². The fourth-order valence-corrected chi connectivity index (χ4v) is 2.12. The van der Waals surface area contributed by atoms with Gasteiger partial charge in [0.05, 0.1) is 0 Å². The third kappa shape index (κ3) is 2.64. The van der Waals surface area contributed by atoms with Crippen molar-refractivity contribution in [3.8, 4) is 11.6 Å². The fourth-order valence-electron chi connectivity index (χ4n) is 1.92. The van der Waals surface area contributed by atoms with Crippen molar-refractivity contribution >= 4 is 28.3 Å². The summed E-state index contributed by atoms with van der Waals surface area (Å²) in [6.45, 7) is 0. The highest BCUT2D eigenvalue weighted by Gasteiger charge is 2.09. The number of benzene rings is 2. The SMILES string of the molecule is NC(=O)c1ccc(Oc2nnc(Cl)c3ccccc23)cc1. The maximum atomic E-state index is 11.0. The van der Waals surface area contributed by atoms with E-state index in [0.717, 1.165) is 10.8 Å². The van der Waals surface area contributed by atoms with E-state index in [9.17, 15) is 4.79 Å². The van der Waals surface area contributed by atoms with Crippen LogP contribution in [0.25, 0.3) is 10.8 Å². The first kappa shape index (κ1) is 13.3. The first-order valence-electron chi connectivity index (χ1n) is 6.14. The van der Waals surface area contributed by atoms with E-state index < -0.39 is 5.91 Å². The van der Waals surface area contributed by atoms with Gasteiger partial charge in [-0.1, -0.05) is 29.8 Å². The van der Waals surface area contributed by atoms with Crippen LogP contribution in [-0.4, -0.2) is 16.1 Å². The molecule has 0 radical (unpaired) electrons. The summed E-state index contributed by atoms with van der Waals surface area (Å²) in [4.78, 5) is 11.0. The molecule has 21 heavy (non-hydrogen) atoms. The third-order valence-corrected chi connectivity index (χ3v) is 3.24. The molecule has 0 spiro atoms. The summed E-state index contributed by atoms with van der Waals surface area (Å²) >= 11 is 6.01. The van der Waals surface area contributed by atoms with E-state index in [0.29, 0.717) is 22.3 Å². The van der Waals surface area contributed by atoms with E-state index in [1.807, 2.05) is 24.3 Å². The highest BCUT2D eigenvalue weighted by atomic mass is 35.5. The molecule has 0 fully saturated rings. The van der Waals surface area contributed by atoms with Crippen molar-refractivity contribution in [1.82, 2.24) is 10.2 Å². The lowest BCUT2D eigenvalue weighted by Gasteiger charge is -2.08. The molecular weight excluding hydrogens is 290 g/mol. The van der Waals surface area contributed by atoms with Crippen LogP contribution in [0.3, 0.4) is 0 Å². The van der Waals surface area contributed by atoms with Crippen LogP contribution in [0, 0.1) is 0 Å². The smallest absolute Gasteiger partial charge is 0.248 e. The highest BCUT2D eigenvalue weighted by Crippen LogP contribution is 2.30. The molecule has 6 heteroatoms. The van der Waals surface area contributed by atoms with E-state index >= 15 is 0 Å². The zero-order chi connectivity index (χ0) is 14.8. The molecule has 2 aromatic carbocycles. The second-order valence-corrected chi connectivity index (χ2v) is 4.69. The number of carbonyl (C=O) groups is 1. The van der Waals surface area contributed by atoms with Crippen molar-refractivity contribution in [3.05, 3.63) is 59.2 Å². The normalized spacial score (nSPS) is 10.5. The van der Waals surface area contributed by atoms with E-state index in [2.05, 4.69) is 10.2 Å². The van der Waals surface area contributed by atoms with Gasteiger partial charge in [0.2, 0.25) is 11.8 Å². The summed E-state index contributed by atoms with van der Waals surface area (Å²) in [5.41, 5.74) is 5.60. The van der Waals surface area contributed by atoms with Crippen LogP contribution in [0.5, 0.6) is 11.6 Å². The number of fused-ring (bicyclic) bond motifs is 1. The molecule has 5 nitrogen and oxygen atoms in total. The van der Waals surface area contributed by atoms with Crippen molar-refractivity contribution in [1.29, 1.82) is 0 Å². The summed E-state index contributed by atoms with van der Waals surface area (Å²) in [6.07, 6.45) is 0. The van der Waals surface area contributed by atoms with Gasteiger partial charge in [-0.3, -0.25) is 4.79 Å². The van der Waals surface area contributed by atoms with Gasteiger partial charge < -0.3 is 10.5 Å². The number of aromatic nitrogens is 2. The summed E-state index contributed by atoms with van der Waals surface area (Å²) in [6, 6.07) is 13.9. The largest absolute Gasteiger partial charge is 0.437 e. The van der Waals surface area contributed by atoms with Gasteiger partial charge in [-0.05, 0) is 30.3 Å². The second-order valence-electron chi connectivity index (χ2n) is 4.33. The third-order valence-electron chi connectivity index (χ3n) is 2.96. The Bertz CT molecular complexity index is 819. The molecule has 0 saturated carbocycles. The minimum atomic E-state index is -0.488. The molecule has 0 aliphatic heterocycles. The predicted octanol–water partition coefficient (Wildman–Crippen LogP) is 3.17. The summed E-state index contributed by atoms with van der Waals surface area (Å²) < 4.78 is 5.70. The molecule has 3 aromatic rings. The van der Waals surface area contributed by atoms with Crippen LogP contribution >= 0.6 is 11.6 Å². The molecule has 1 heterocycles. The predicted molar refractivity (Wildman–Crippen MR) is 79.6 cm³/mol. The van der Waals surface area contributed by atoms with E-state index in [1.165, 1.54) is 0 Å². The number of ether oxygens (including phenoxy) is 1. The number of nitrogens with two attached hydrogens (primary N) is 1. The Morgan fingerprint density at radius 3 is 2.33 bits per heavy atom. The number of hydrogen-bond acceptors (Lipinski definition) is 4. The Kier molecular flexibility index (Phi) is 3.41. The topological polar surface area (TPSA) is 78.1 Å². The van der Waals surface area contributed by atoms with Crippen LogP contribution in [0.15, 0.2) is 48.5 Å². The minimum absolute atomic E-state index is 0.321. The number of hydrogen-bond donors (Lipinski definition) is 1. The first-order chi connectivity index (χ1) is 10.1. The molecule has 104 valence electrons. The monoisotopic (exact) mass is 299 g/mol. The lowest BCUT2D eigenvalue weighted by atomic mass is 10.2. The summed E-state index contributed by atoms with van der Waals surface area (Å²) in [5.74, 6) is 0.391. The minimum Gasteiger partial charge on any atom is -0.437 e. The Balaban J connectivity index is 1.98. The van der Waals surface area contributed by atoms with Gasteiger partial charge >= 0.3 is 0 Å². The first-order valence-corrected chi connectivity index (χ1v) is 6.51. The molecule has 1 aromatic heterocycles. The molecule has 0 atom stereocenters. The van der Waals surface area contributed by atoms with E-state index in [1.54, 1.807) is 24.3 Å². The Morgan fingerprint density at radius 2 is 1.67 bits per heavy atom. The van der Waals surface area contributed by atoms with Crippen molar-refractivity contribution in [2.24, 2.45) is 5.73 Å². The molecule has 1 amide bonds. The van der Waals surface area contributed by atoms with Crippen molar-refractivity contribution in [2.75, 3.05) is 0 Å². The Hall–Kier alpha value is -2.66. The number of nitrogens with zero attached hydrogens (tertiary/aromatic N) is 2. The van der Waals surface area contributed by atoms with Gasteiger partial charge in [0.25, 0.3) is 0 Å². The number of rotatable bonds is 3. The lowest BCUT2D eigenvalue weighted by molar-refractivity contribution is 0.100. The fraction of sp³-hybridized carbons (Fsp3) is 0. The average molecular weight is 300 g/mol. The molecule has 0 aliphatic carbocycles. The van der Waals surface area contributed by atoms with Gasteiger partial charge in [0.15, 0.2) is 5.15 Å². The van der Waals surface area contributed by atoms with Crippen LogP contribution in [-0.2, 0) is 0 Å². The quantitative estimate of drug-likeness (QED) is 0.805. The molecular formula is C15H10ClN3O2. The van der Waals surface area contributed by atoms with Crippen LogP contribution < -0.4 is 10.5 Å². The molecule has 0 saturated heterocycles. The zero-order valence-electron chi connectivity index (χ0n) is 10.8. The molecule has 0 aliphatic rings. The van der Waals surface area contributed by atoms with Gasteiger partial charge in [-0.25, -0.2) is 0 Å². The maximum absolute atomic E-state index is 11.0. The lowest BCUT2D eigenvalue weighted by Crippen LogP contribution is -2.10. The molecule has 3 rings (SSSR count). The van der Waals surface area contributed by atoms with Crippen LogP contribution in [0.1, 0.15) is 10.4 Å². The zero-order valence-corrected chi connectivity index (χ0v) is 11.5. The Morgan fingerprint density at radius 1 is 1.00 bits per heavy atom.